The molecule has 1 saturated heterocycles. The Morgan fingerprint density at radius 3 is 2.59 bits per heavy atom. The number of hydrazine groups is 1. The van der Waals surface area contributed by atoms with Gasteiger partial charge in [-0.15, -0.1) is 0 Å². The van der Waals surface area contributed by atoms with E-state index in [2.05, 4.69) is 10.9 Å². The second kappa shape index (κ2) is 8.67. The van der Waals surface area contributed by atoms with Crippen LogP contribution in [0.4, 0.5) is 11.4 Å². The second-order valence-electron chi connectivity index (χ2n) is 6.01. The first-order chi connectivity index (χ1) is 13.9. The number of carbonyl (C=O) groups excluding carboxylic acids is 3. The summed E-state index contributed by atoms with van der Waals surface area (Å²) in [6.07, 6.45) is -0.146. The van der Waals surface area contributed by atoms with Crippen molar-refractivity contribution in [2.45, 2.75) is 12.5 Å². The fraction of sp³-hybridized carbons (Fsp3) is 0.167. The largest absolute Gasteiger partial charge is 0.477 e. The van der Waals surface area contributed by atoms with E-state index < -0.39 is 35.3 Å². The quantitative estimate of drug-likeness (QED) is 0.396. The number of rotatable bonds is 7. The lowest BCUT2D eigenvalue weighted by Gasteiger charge is -2.16. The molecule has 11 heteroatoms. The van der Waals surface area contributed by atoms with Gasteiger partial charge < -0.3 is 4.74 Å². The molecule has 0 aliphatic carbocycles. The van der Waals surface area contributed by atoms with E-state index in [1.165, 1.54) is 24.3 Å². The smallest absolute Gasteiger partial charge is 0.310 e. The van der Waals surface area contributed by atoms with Gasteiger partial charge in [0.25, 0.3) is 11.8 Å². The number of nitrogens with one attached hydrogen (secondary N) is 2. The van der Waals surface area contributed by atoms with E-state index in [4.69, 9.17) is 16.3 Å². The first-order valence-corrected chi connectivity index (χ1v) is 8.77. The van der Waals surface area contributed by atoms with Gasteiger partial charge in [0.2, 0.25) is 5.91 Å². The Hall–Kier alpha value is -3.50. The zero-order valence-corrected chi connectivity index (χ0v) is 15.6. The minimum Gasteiger partial charge on any atom is -0.477 e. The number of para-hydroxylation sites is 2. The number of ether oxygens (including phenoxy) is 1. The van der Waals surface area contributed by atoms with Crippen LogP contribution in [0.2, 0.25) is 5.02 Å². The summed E-state index contributed by atoms with van der Waals surface area (Å²) in [4.78, 5) is 47.9. The molecule has 1 atom stereocenters. The zero-order chi connectivity index (χ0) is 21.0. The number of benzene rings is 2. The summed E-state index contributed by atoms with van der Waals surface area (Å²) in [7, 11) is 0. The number of nitro groups is 1. The van der Waals surface area contributed by atoms with Crippen LogP contribution in [0, 0.1) is 10.1 Å². The molecule has 0 aromatic heterocycles. The molecule has 2 aromatic rings. The lowest BCUT2D eigenvalue weighted by atomic mass is 10.2. The third kappa shape index (κ3) is 4.68. The van der Waals surface area contributed by atoms with Crippen molar-refractivity contribution in [1.29, 1.82) is 0 Å². The topological polar surface area (TPSA) is 131 Å². The van der Waals surface area contributed by atoms with Crippen molar-refractivity contribution < 1.29 is 24.0 Å². The third-order valence-electron chi connectivity index (χ3n) is 4.04. The molecule has 0 saturated carbocycles. The van der Waals surface area contributed by atoms with Crippen molar-refractivity contribution in [1.82, 2.24) is 10.9 Å². The Bertz CT molecular complexity index is 965. The highest BCUT2D eigenvalue weighted by molar-refractivity contribution is 6.30. The number of anilines is 1. The van der Waals surface area contributed by atoms with Gasteiger partial charge in [-0.2, -0.15) is 0 Å². The zero-order valence-electron chi connectivity index (χ0n) is 14.8. The molecule has 2 N–H and O–H groups in total. The molecule has 0 spiro atoms. The van der Waals surface area contributed by atoms with Gasteiger partial charge in [0.1, 0.15) is 6.04 Å². The molecule has 1 aliphatic rings. The summed E-state index contributed by atoms with van der Waals surface area (Å²) in [6.45, 7) is -0.520. The SMILES string of the molecule is O=C(COc1ccccc1[N+](=O)[O-])NNC1CC(=O)N(c2ccc(Cl)cc2)C1=O. The van der Waals surface area contributed by atoms with E-state index >= 15 is 0 Å². The van der Waals surface area contributed by atoms with Crippen LogP contribution in [0.15, 0.2) is 48.5 Å². The summed E-state index contributed by atoms with van der Waals surface area (Å²) in [5, 5.41) is 11.4. The maximum absolute atomic E-state index is 12.5. The number of halogens is 1. The minimum absolute atomic E-state index is 0.0614. The van der Waals surface area contributed by atoms with Crippen LogP contribution in [-0.4, -0.2) is 35.3 Å². The first kappa shape index (κ1) is 20.2. The molecule has 150 valence electrons. The fourth-order valence-electron chi connectivity index (χ4n) is 2.68. The van der Waals surface area contributed by atoms with Crippen molar-refractivity contribution in [3.63, 3.8) is 0 Å². The lowest BCUT2D eigenvalue weighted by molar-refractivity contribution is -0.385. The van der Waals surface area contributed by atoms with Crippen molar-refractivity contribution in [3.05, 3.63) is 63.7 Å². The molecule has 1 fully saturated rings. The van der Waals surface area contributed by atoms with Crippen LogP contribution in [0.3, 0.4) is 0 Å². The van der Waals surface area contributed by atoms with Crippen LogP contribution in [0.25, 0.3) is 0 Å². The summed E-state index contributed by atoms with van der Waals surface area (Å²) < 4.78 is 5.16. The Morgan fingerprint density at radius 2 is 1.90 bits per heavy atom. The number of carbonyl (C=O) groups is 3. The van der Waals surface area contributed by atoms with E-state index in [1.807, 2.05) is 0 Å². The van der Waals surface area contributed by atoms with Gasteiger partial charge in [0.15, 0.2) is 12.4 Å². The van der Waals surface area contributed by atoms with Crippen LogP contribution < -0.4 is 20.5 Å². The molecular weight excluding hydrogens is 404 g/mol. The number of hydrogen-bond donors (Lipinski definition) is 2. The highest BCUT2D eigenvalue weighted by Crippen LogP contribution is 2.26. The molecular formula is C18H15ClN4O6. The Kier molecular flexibility index (Phi) is 6.05. The number of imide groups is 1. The van der Waals surface area contributed by atoms with Gasteiger partial charge in [-0.1, -0.05) is 23.7 Å². The highest BCUT2D eigenvalue weighted by atomic mass is 35.5. The monoisotopic (exact) mass is 418 g/mol. The second-order valence-corrected chi connectivity index (χ2v) is 6.44. The van der Waals surface area contributed by atoms with E-state index in [0.717, 1.165) is 4.90 Å². The van der Waals surface area contributed by atoms with Gasteiger partial charge in [0, 0.05) is 11.1 Å². The van der Waals surface area contributed by atoms with E-state index in [0.29, 0.717) is 10.7 Å². The predicted molar refractivity (Wildman–Crippen MR) is 102 cm³/mol. The molecule has 1 aliphatic heterocycles. The van der Waals surface area contributed by atoms with Crippen LogP contribution in [-0.2, 0) is 14.4 Å². The first-order valence-electron chi connectivity index (χ1n) is 8.40. The molecule has 1 heterocycles. The fourth-order valence-corrected chi connectivity index (χ4v) is 2.81. The van der Waals surface area contributed by atoms with Gasteiger partial charge in [0.05, 0.1) is 17.0 Å². The van der Waals surface area contributed by atoms with E-state index in [1.54, 1.807) is 24.3 Å². The number of nitro benzene ring substituents is 1. The van der Waals surface area contributed by atoms with Gasteiger partial charge >= 0.3 is 5.69 Å². The average molecular weight is 419 g/mol. The molecule has 10 nitrogen and oxygen atoms in total. The summed E-state index contributed by atoms with van der Waals surface area (Å²) >= 11 is 5.81. The maximum Gasteiger partial charge on any atom is 0.310 e. The molecule has 2 aromatic carbocycles. The van der Waals surface area contributed by atoms with Crippen molar-refractivity contribution in [3.8, 4) is 5.75 Å². The molecule has 29 heavy (non-hydrogen) atoms. The van der Waals surface area contributed by atoms with Crippen molar-refractivity contribution in [2.24, 2.45) is 0 Å². The van der Waals surface area contributed by atoms with Crippen molar-refractivity contribution in [2.75, 3.05) is 11.5 Å². The Balaban J connectivity index is 1.54. The third-order valence-corrected chi connectivity index (χ3v) is 4.29. The summed E-state index contributed by atoms with van der Waals surface area (Å²) in [5.74, 6) is -1.69. The molecule has 3 amide bonds. The van der Waals surface area contributed by atoms with Crippen molar-refractivity contribution >= 4 is 40.7 Å². The number of amides is 3. The average Bonchev–Trinajstić information content (AvgIpc) is 2.99. The number of hydrogen-bond acceptors (Lipinski definition) is 7. The Morgan fingerprint density at radius 1 is 1.21 bits per heavy atom. The van der Waals surface area contributed by atoms with Crippen LogP contribution in [0.5, 0.6) is 5.75 Å². The standard InChI is InChI=1S/C18H15ClN4O6/c19-11-5-7-12(8-6-11)22-17(25)9-13(18(22)26)20-21-16(24)10-29-15-4-2-1-3-14(15)23(27)28/h1-8,13,20H,9-10H2,(H,21,24). The summed E-state index contributed by atoms with van der Waals surface area (Å²) in [6, 6.07) is 10.9. The van der Waals surface area contributed by atoms with Crippen LogP contribution in [0.1, 0.15) is 6.42 Å². The van der Waals surface area contributed by atoms with Crippen LogP contribution >= 0.6 is 11.6 Å². The molecule has 0 radical (unpaired) electrons. The van der Waals surface area contributed by atoms with Gasteiger partial charge in [-0.05, 0) is 30.3 Å². The summed E-state index contributed by atoms with van der Waals surface area (Å²) in [5.41, 5.74) is 4.87. The minimum atomic E-state index is -0.951. The normalized spacial score (nSPS) is 16.0. The molecule has 3 rings (SSSR count). The van der Waals surface area contributed by atoms with Gasteiger partial charge in [-0.25, -0.2) is 10.3 Å². The van der Waals surface area contributed by atoms with Gasteiger partial charge in [-0.3, -0.25) is 29.9 Å². The van der Waals surface area contributed by atoms with E-state index in [9.17, 15) is 24.5 Å². The predicted octanol–water partition coefficient (Wildman–Crippen LogP) is 1.58. The highest BCUT2D eigenvalue weighted by Gasteiger charge is 2.39. The van der Waals surface area contributed by atoms with E-state index in [-0.39, 0.29) is 17.9 Å². The molecule has 0 bridgehead atoms. The number of nitrogens with zero attached hydrogens (tertiary/aromatic N) is 2. The molecule has 1 unspecified atom stereocenters. The maximum atomic E-state index is 12.5. The Labute approximate surface area is 169 Å². The lowest BCUT2D eigenvalue weighted by Crippen LogP contribution is -2.49.